The van der Waals surface area contributed by atoms with Crippen molar-refractivity contribution in [3.8, 4) is 6.01 Å². The maximum atomic E-state index is 15.1. The number of aromatic nitrogens is 2. The first kappa shape index (κ1) is 22.0. The van der Waals surface area contributed by atoms with Gasteiger partial charge in [0.15, 0.2) is 0 Å². The number of fused-ring (bicyclic) bond motifs is 1. The molecule has 1 aliphatic heterocycles. The zero-order chi connectivity index (χ0) is 22.8. The summed E-state index contributed by atoms with van der Waals surface area (Å²) in [4.78, 5) is 34.3. The lowest BCUT2D eigenvalue weighted by atomic mass is 9.77. The first-order valence-electron chi connectivity index (χ1n) is 10.8. The van der Waals surface area contributed by atoms with E-state index >= 15 is 4.39 Å². The van der Waals surface area contributed by atoms with Crippen LogP contribution in [0.2, 0.25) is 0 Å². The fraction of sp³-hybridized carbons (Fsp3) is 0.478. The maximum absolute atomic E-state index is 15.1. The number of rotatable bonds is 5. The van der Waals surface area contributed by atoms with Gasteiger partial charge in [0.25, 0.3) is 5.91 Å². The predicted molar refractivity (Wildman–Crippen MR) is 116 cm³/mol. The standard InChI is InChI=1S/C23H27FN4O4/c1-31-19(29)11-13-3-5-14(6-4-13)16-8-7-15(12-17(16)24)28-10-9-18-20(22(28)30)21(25)27-23(26-18)32-2/h7-8,12-14H,3-6,9-11H2,1-2H3,(H2,25,26,27). The van der Waals surface area contributed by atoms with E-state index < -0.39 is 0 Å². The monoisotopic (exact) mass is 442 g/mol. The summed E-state index contributed by atoms with van der Waals surface area (Å²) in [5.41, 5.74) is 7.89. The molecule has 32 heavy (non-hydrogen) atoms. The maximum Gasteiger partial charge on any atom is 0.318 e. The number of nitrogen functional groups attached to an aromatic ring is 1. The van der Waals surface area contributed by atoms with Crippen LogP contribution in [-0.4, -0.2) is 42.6 Å². The molecule has 1 aliphatic carbocycles. The van der Waals surface area contributed by atoms with E-state index in [0.717, 1.165) is 25.7 Å². The van der Waals surface area contributed by atoms with Crippen LogP contribution in [0, 0.1) is 11.7 Å². The summed E-state index contributed by atoms with van der Waals surface area (Å²) in [5.74, 6) is -0.410. The molecule has 2 heterocycles. The number of hydrogen-bond acceptors (Lipinski definition) is 7. The number of nitrogens with zero attached hydrogens (tertiary/aromatic N) is 3. The Balaban J connectivity index is 1.48. The normalized spacial score (nSPS) is 20.6. The molecule has 1 amide bonds. The fourth-order valence-corrected chi connectivity index (χ4v) is 4.72. The molecule has 1 aromatic carbocycles. The number of methoxy groups -OCH3 is 2. The van der Waals surface area contributed by atoms with Gasteiger partial charge in [0.1, 0.15) is 17.2 Å². The Morgan fingerprint density at radius 1 is 1.22 bits per heavy atom. The Morgan fingerprint density at radius 3 is 2.62 bits per heavy atom. The molecule has 2 aromatic rings. The van der Waals surface area contributed by atoms with Gasteiger partial charge in [-0.25, -0.2) is 4.39 Å². The minimum atomic E-state index is -0.345. The molecule has 1 aromatic heterocycles. The van der Waals surface area contributed by atoms with E-state index in [1.54, 1.807) is 12.1 Å². The average Bonchev–Trinajstić information content (AvgIpc) is 2.79. The summed E-state index contributed by atoms with van der Waals surface area (Å²) in [6.45, 7) is 0.364. The number of anilines is 2. The molecule has 8 nitrogen and oxygen atoms in total. The van der Waals surface area contributed by atoms with Crippen molar-refractivity contribution in [3.05, 3.63) is 40.8 Å². The van der Waals surface area contributed by atoms with E-state index in [-0.39, 0.29) is 41.0 Å². The summed E-state index contributed by atoms with van der Waals surface area (Å²) in [7, 11) is 2.84. The molecule has 0 atom stereocenters. The number of hydrogen-bond donors (Lipinski definition) is 1. The number of carbonyl (C=O) groups is 2. The van der Waals surface area contributed by atoms with Gasteiger partial charge in [-0.2, -0.15) is 9.97 Å². The van der Waals surface area contributed by atoms with Crippen LogP contribution in [-0.2, 0) is 16.0 Å². The number of halogens is 1. The van der Waals surface area contributed by atoms with Crippen molar-refractivity contribution in [2.45, 2.75) is 44.4 Å². The molecule has 0 unspecified atom stereocenters. The lowest BCUT2D eigenvalue weighted by molar-refractivity contribution is -0.142. The van der Waals surface area contributed by atoms with Crippen molar-refractivity contribution in [2.24, 2.45) is 5.92 Å². The summed E-state index contributed by atoms with van der Waals surface area (Å²) in [5, 5.41) is 0. The van der Waals surface area contributed by atoms with Crippen LogP contribution < -0.4 is 15.4 Å². The van der Waals surface area contributed by atoms with Crippen LogP contribution in [0.25, 0.3) is 0 Å². The number of esters is 1. The van der Waals surface area contributed by atoms with E-state index in [4.69, 9.17) is 15.2 Å². The minimum Gasteiger partial charge on any atom is -0.469 e. The smallest absolute Gasteiger partial charge is 0.318 e. The van der Waals surface area contributed by atoms with Crippen molar-refractivity contribution in [2.75, 3.05) is 31.4 Å². The van der Waals surface area contributed by atoms with Gasteiger partial charge in [0.2, 0.25) is 0 Å². The third kappa shape index (κ3) is 4.24. The van der Waals surface area contributed by atoms with Crippen molar-refractivity contribution >= 4 is 23.4 Å². The Hall–Kier alpha value is -3.23. The molecule has 2 N–H and O–H groups in total. The Morgan fingerprint density at radius 2 is 1.97 bits per heavy atom. The summed E-state index contributed by atoms with van der Waals surface area (Å²) in [6.07, 6.45) is 4.27. The Kier molecular flexibility index (Phi) is 6.25. The van der Waals surface area contributed by atoms with Crippen molar-refractivity contribution in [1.29, 1.82) is 0 Å². The van der Waals surface area contributed by atoms with E-state index in [2.05, 4.69) is 9.97 Å². The fourth-order valence-electron chi connectivity index (χ4n) is 4.72. The number of nitrogens with two attached hydrogens (primary N) is 1. The third-order valence-electron chi connectivity index (χ3n) is 6.47. The van der Waals surface area contributed by atoms with Crippen LogP contribution in [0.4, 0.5) is 15.9 Å². The van der Waals surface area contributed by atoms with Crippen LogP contribution in [0.3, 0.4) is 0 Å². The second kappa shape index (κ2) is 9.10. The summed E-state index contributed by atoms with van der Waals surface area (Å²) < 4.78 is 24.9. The Labute approximate surface area is 185 Å². The van der Waals surface area contributed by atoms with Crippen molar-refractivity contribution in [1.82, 2.24) is 9.97 Å². The van der Waals surface area contributed by atoms with E-state index in [1.807, 2.05) is 0 Å². The molecule has 0 radical (unpaired) electrons. The quantitative estimate of drug-likeness (QED) is 0.708. The van der Waals surface area contributed by atoms with Gasteiger partial charge < -0.3 is 20.1 Å². The molecular formula is C23H27FN4O4. The summed E-state index contributed by atoms with van der Waals surface area (Å²) in [6, 6.07) is 5.09. The SMILES string of the molecule is COC(=O)CC1CCC(c2ccc(N3CCc4nc(OC)nc(N)c4C3=O)cc2F)CC1. The van der Waals surface area contributed by atoms with E-state index in [9.17, 15) is 9.59 Å². The predicted octanol–water partition coefficient (Wildman–Crippen LogP) is 3.25. The van der Waals surface area contributed by atoms with Crippen LogP contribution >= 0.6 is 0 Å². The largest absolute Gasteiger partial charge is 0.469 e. The lowest BCUT2D eigenvalue weighted by Crippen LogP contribution is -2.39. The highest BCUT2D eigenvalue weighted by molar-refractivity contribution is 6.10. The minimum absolute atomic E-state index is 0.0577. The van der Waals surface area contributed by atoms with Gasteiger partial charge >= 0.3 is 12.0 Å². The lowest BCUT2D eigenvalue weighted by Gasteiger charge is -2.30. The molecule has 2 aliphatic rings. The Bertz CT molecular complexity index is 1040. The third-order valence-corrected chi connectivity index (χ3v) is 6.47. The van der Waals surface area contributed by atoms with Gasteiger partial charge in [-0.05, 0) is 55.2 Å². The molecule has 170 valence electrons. The molecule has 1 fully saturated rings. The molecule has 4 rings (SSSR count). The molecule has 0 spiro atoms. The average molecular weight is 442 g/mol. The number of ether oxygens (including phenoxy) is 2. The van der Waals surface area contributed by atoms with Crippen LogP contribution in [0.15, 0.2) is 18.2 Å². The second-order valence-corrected chi connectivity index (χ2v) is 8.33. The molecule has 0 bridgehead atoms. The number of carbonyl (C=O) groups excluding carboxylic acids is 2. The zero-order valence-electron chi connectivity index (χ0n) is 18.3. The van der Waals surface area contributed by atoms with Gasteiger partial charge in [0.05, 0.1) is 19.9 Å². The number of benzene rings is 1. The zero-order valence-corrected chi connectivity index (χ0v) is 18.3. The molecule has 9 heteroatoms. The van der Waals surface area contributed by atoms with E-state index in [0.29, 0.717) is 42.2 Å². The van der Waals surface area contributed by atoms with Gasteiger partial charge in [-0.3, -0.25) is 9.59 Å². The highest BCUT2D eigenvalue weighted by atomic mass is 19.1. The highest BCUT2D eigenvalue weighted by Crippen LogP contribution is 2.39. The topological polar surface area (TPSA) is 108 Å². The van der Waals surface area contributed by atoms with Gasteiger partial charge in [0, 0.05) is 25.1 Å². The summed E-state index contributed by atoms with van der Waals surface area (Å²) >= 11 is 0. The molecule has 1 saturated carbocycles. The highest BCUT2D eigenvalue weighted by Gasteiger charge is 2.31. The van der Waals surface area contributed by atoms with Crippen molar-refractivity contribution < 1.29 is 23.5 Å². The molecular weight excluding hydrogens is 415 g/mol. The van der Waals surface area contributed by atoms with Crippen LogP contribution in [0.5, 0.6) is 6.01 Å². The van der Waals surface area contributed by atoms with Crippen LogP contribution in [0.1, 0.15) is 59.6 Å². The molecule has 0 saturated heterocycles. The number of amides is 1. The first-order chi connectivity index (χ1) is 15.4. The van der Waals surface area contributed by atoms with Gasteiger partial charge in [-0.1, -0.05) is 6.07 Å². The van der Waals surface area contributed by atoms with Crippen molar-refractivity contribution in [3.63, 3.8) is 0 Å². The second-order valence-electron chi connectivity index (χ2n) is 8.33. The van der Waals surface area contributed by atoms with Gasteiger partial charge in [-0.15, -0.1) is 0 Å². The van der Waals surface area contributed by atoms with E-state index in [1.165, 1.54) is 25.2 Å². The first-order valence-corrected chi connectivity index (χ1v) is 10.8.